The van der Waals surface area contributed by atoms with Gasteiger partial charge in [0.15, 0.2) is 0 Å². The fourth-order valence-corrected chi connectivity index (χ4v) is 3.54. The molecule has 0 saturated heterocycles. The van der Waals surface area contributed by atoms with E-state index in [1.165, 1.54) is 10.9 Å². The van der Waals surface area contributed by atoms with Gasteiger partial charge in [-0.3, -0.25) is 4.40 Å². The molecule has 3 aromatic rings. The maximum absolute atomic E-state index is 4.68. The fraction of sp³-hybridized carbons (Fsp3) is 0. The van der Waals surface area contributed by atoms with Crippen LogP contribution in [0, 0.1) is 0 Å². The van der Waals surface area contributed by atoms with Gasteiger partial charge in [-0.2, -0.15) is 0 Å². The van der Waals surface area contributed by atoms with Crippen molar-refractivity contribution >= 4 is 40.1 Å². The lowest BCUT2D eigenvalue weighted by Crippen LogP contribution is -2.09. The van der Waals surface area contributed by atoms with E-state index in [4.69, 9.17) is 0 Å². The number of H-pyrrole nitrogens is 1. The van der Waals surface area contributed by atoms with E-state index in [1.54, 1.807) is 0 Å². The quantitative estimate of drug-likeness (QED) is 0.663. The van der Waals surface area contributed by atoms with Crippen molar-refractivity contribution in [2.24, 2.45) is 9.98 Å². The average Bonchev–Trinajstić information content (AvgIpc) is 3.30. The minimum Gasteiger partial charge on any atom is -0.341 e. The largest absolute Gasteiger partial charge is 0.341 e. The lowest BCUT2D eigenvalue weighted by Gasteiger charge is -1.94. The number of fused-ring (bicyclic) bond motifs is 3. The van der Waals surface area contributed by atoms with Crippen LogP contribution < -0.4 is 5.35 Å². The Morgan fingerprint density at radius 2 is 1.58 bits per heavy atom. The zero-order valence-corrected chi connectivity index (χ0v) is 12.7. The van der Waals surface area contributed by atoms with Crippen LogP contribution in [0.1, 0.15) is 5.69 Å². The number of nitrogens with zero attached hydrogens (tertiary/aromatic N) is 3. The third-order valence-corrected chi connectivity index (χ3v) is 4.58. The number of hydrogen-bond donors (Lipinski definition) is 1. The number of rotatable bonds is 0. The molecule has 112 valence electrons. The molecule has 0 spiro atoms. The van der Waals surface area contributed by atoms with Crippen LogP contribution in [-0.4, -0.2) is 20.8 Å². The second-order valence-electron chi connectivity index (χ2n) is 6.21. The van der Waals surface area contributed by atoms with Crippen LogP contribution in [-0.2, 0) is 0 Å². The number of aromatic amines is 1. The molecule has 24 heavy (non-hydrogen) atoms. The van der Waals surface area contributed by atoms with Crippen molar-refractivity contribution in [3.63, 3.8) is 0 Å². The van der Waals surface area contributed by atoms with Crippen molar-refractivity contribution in [2.75, 3.05) is 0 Å². The van der Waals surface area contributed by atoms with E-state index in [0.717, 1.165) is 39.5 Å². The molecule has 3 aliphatic heterocycles. The fourth-order valence-electron chi connectivity index (χ4n) is 3.54. The van der Waals surface area contributed by atoms with Crippen LogP contribution in [0.3, 0.4) is 0 Å². The maximum atomic E-state index is 4.68. The predicted octanol–water partition coefficient (Wildman–Crippen LogP) is 3.18. The monoisotopic (exact) mass is 308 g/mol. The molecule has 0 aromatic carbocycles. The number of aromatic nitrogens is 2. The summed E-state index contributed by atoms with van der Waals surface area (Å²) in [5.74, 6) is 0. The molecule has 0 aliphatic carbocycles. The lowest BCUT2D eigenvalue weighted by molar-refractivity contribution is 1.18. The van der Waals surface area contributed by atoms with E-state index in [0.29, 0.717) is 0 Å². The second-order valence-corrected chi connectivity index (χ2v) is 6.21. The molecule has 0 atom stereocenters. The first-order valence-corrected chi connectivity index (χ1v) is 7.93. The molecule has 4 heteroatoms. The number of aliphatic imine (C=N–C) groups is 2. The van der Waals surface area contributed by atoms with Crippen LogP contribution >= 0.6 is 0 Å². The topological polar surface area (TPSA) is 44.9 Å². The first kappa shape index (κ1) is 12.1. The smallest absolute Gasteiger partial charge is 0.123 e. The highest BCUT2D eigenvalue weighted by molar-refractivity contribution is 6.20. The molecule has 6 rings (SSSR count). The lowest BCUT2D eigenvalue weighted by atomic mass is 10.3. The van der Waals surface area contributed by atoms with Gasteiger partial charge in [0.1, 0.15) is 5.65 Å². The van der Waals surface area contributed by atoms with Gasteiger partial charge in [0.05, 0.1) is 22.8 Å². The Morgan fingerprint density at radius 1 is 0.792 bits per heavy atom. The number of nitrogens with one attached hydrogen (secondary N) is 1. The first-order valence-electron chi connectivity index (χ1n) is 7.93. The van der Waals surface area contributed by atoms with E-state index in [1.807, 2.05) is 30.4 Å². The summed E-state index contributed by atoms with van der Waals surface area (Å²) in [5, 5.41) is 2.33. The summed E-state index contributed by atoms with van der Waals surface area (Å²) in [6.45, 7) is 0. The first-order chi connectivity index (χ1) is 11.8. The Bertz CT molecular complexity index is 1280. The van der Waals surface area contributed by atoms with Crippen molar-refractivity contribution in [1.29, 1.82) is 0 Å². The number of hydrogen-bond acceptors (Lipinski definition) is 2. The predicted molar refractivity (Wildman–Crippen MR) is 98.1 cm³/mol. The summed E-state index contributed by atoms with van der Waals surface area (Å²) in [6, 6.07) is 8.64. The highest BCUT2D eigenvalue weighted by Gasteiger charge is 2.11. The van der Waals surface area contributed by atoms with E-state index >= 15 is 0 Å². The van der Waals surface area contributed by atoms with Gasteiger partial charge in [-0.1, -0.05) is 0 Å². The highest BCUT2D eigenvalue weighted by Crippen LogP contribution is 2.23. The van der Waals surface area contributed by atoms with Gasteiger partial charge in [-0.15, -0.1) is 0 Å². The Kier molecular flexibility index (Phi) is 2.07. The van der Waals surface area contributed by atoms with Gasteiger partial charge < -0.3 is 4.98 Å². The van der Waals surface area contributed by atoms with Crippen molar-refractivity contribution < 1.29 is 0 Å². The van der Waals surface area contributed by atoms with Crippen molar-refractivity contribution in [2.45, 2.75) is 0 Å². The zero-order valence-electron chi connectivity index (χ0n) is 12.7. The van der Waals surface area contributed by atoms with Crippen LogP contribution in [0.15, 0.2) is 76.0 Å². The van der Waals surface area contributed by atoms with Gasteiger partial charge >= 0.3 is 0 Å². The van der Waals surface area contributed by atoms with Crippen LogP contribution in [0.25, 0.3) is 28.7 Å². The third kappa shape index (κ3) is 1.62. The van der Waals surface area contributed by atoms with Crippen LogP contribution in [0.5, 0.6) is 0 Å². The zero-order chi connectivity index (χ0) is 15.7. The average molecular weight is 308 g/mol. The second kappa shape index (κ2) is 4.11. The summed E-state index contributed by atoms with van der Waals surface area (Å²) in [5.41, 5.74) is 7.13. The van der Waals surface area contributed by atoms with Gasteiger partial charge in [-0.05, 0) is 66.8 Å². The van der Waals surface area contributed by atoms with Crippen molar-refractivity contribution in [3.05, 3.63) is 77.1 Å². The Balaban J connectivity index is 1.75. The molecular weight excluding hydrogens is 296 g/mol. The molecule has 3 aliphatic rings. The van der Waals surface area contributed by atoms with Gasteiger partial charge in [-0.25, -0.2) is 9.98 Å². The molecule has 0 unspecified atom stereocenters. The molecule has 0 fully saturated rings. The molecule has 6 heterocycles. The SMILES string of the molecule is C1=CC2=NC1=Cc1cc3cc4ccc(n4c3[nH]1)=CC1=NC(=C2)C=C1. The highest BCUT2D eigenvalue weighted by atomic mass is 15.0. The Hall–Kier alpha value is -3.40. The standard InChI is InChI=1S/C20H12N4/c1-2-15-10-17-7-12-8-18-5-6-19(24(18)20(12)23-17)11-16-4-3-14(22-16)9-13(1)21-15/h1-11,23H. The van der Waals surface area contributed by atoms with E-state index in [-0.39, 0.29) is 0 Å². The molecule has 1 N–H and O–H groups in total. The van der Waals surface area contributed by atoms with E-state index in [9.17, 15) is 0 Å². The Labute approximate surface area is 137 Å². The van der Waals surface area contributed by atoms with Crippen LogP contribution in [0.2, 0.25) is 0 Å². The molecule has 0 amide bonds. The molecule has 6 bridgehead atoms. The molecule has 0 saturated carbocycles. The summed E-state index contributed by atoms with van der Waals surface area (Å²) >= 11 is 0. The maximum Gasteiger partial charge on any atom is 0.123 e. The third-order valence-electron chi connectivity index (χ3n) is 4.58. The molecule has 3 aromatic heterocycles. The summed E-state index contributed by atoms with van der Waals surface area (Å²) in [7, 11) is 0. The summed E-state index contributed by atoms with van der Waals surface area (Å²) in [6.07, 6.45) is 14.3. The van der Waals surface area contributed by atoms with Crippen LogP contribution in [0.4, 0.5) is 0 Å². The van der Waals surface area contributed by atoms with Crippen molar-refractivity contribution in [1.82, 2.24) is 9.38 Å². The van der Waals surface area contributed by atoms with E-state index in [2.05, 4.69) is 55.8 Å². The van der Waals surface area contributed by atoms with Gasteiger partial charge in [0, 0.05) is 21.9 Å². The van der Waals surface area contributed by atoms with Gasteiger partial charge in [0.2, 0.25) is 0 Å². The number of allylic oxidation sites excluding steroid dienone is 5. The molecular formula is C20H12N4. The van der Waals surface area contributed by atoms with Crippen molar-refractivity contribution in [3.8, 4) is 0 Å². The summed E-state index contributed by atoms with van der Waals surface area (Å²) < 4.78 is 2.24. The molecule has 4 nitrogen and oxygen atoms in total. The normalized spacial score (nSPS) is 18.2. The minimum absolute atomic E-state index is 0.930. The van der Waals surface area contributed by atoms with E-state index < -0.39 is 0 Å². The Morgan fingerprint density at radius 3 is 2.46 bits per heavy atom. The van der Waals surface area contributed by atoms with Gasteiger partial charge in [0.25, 0.3) is 0 Å². The minimum atomic E-state index is 0.930. The molecule has 0 radical (unpaired) electrons. The summed E-state index contributed by atoms with van der Waals surface area (Å²) in [4.78, 5) is 12.8.